The molecule has 224 valence electrons. The lowest BCUT2D eigenvalue weighted by atomic mass is 9.85. The van der Waals surface area contributed by atoms with E-state index in [2.05, 4.69) is 55.5 Å². The molecule has 1 aliphatic heterocycles. The van der Waals surface area contributed by atoms with Gasteiger partial charge >= 0.3 is 0 Å². The summed E-state index contributed by atoms with van der Waals surface area (Å²) in [7, 11) is 0. The molecule has 0 fully saturated rings. The summed E-state index contributed by atoms with van der Waals surface area (Å²) in [5.41, 5.74) is 1.33. The predicted molar refractivity (Wildman–Crippen MR) is 183 cm³/mol. The molecular formula is C40H47NO2. The van der Waals surface area contributed by atoms with Crippen molar-refractivity contribution in [3.8, 4) is 0 Å². The van der Waals surface area contributed by atoms with Gasteiger partial charge in [0.1, 0.15) is 0 Å². The number of nitrogens with zero attached hydrogens (tertiary/aromatic N) is 1. The molecule has 0 unspecified atom stereocenters. The van der Waals surface area contributed by atoms with Crippen LogP contribution < -0.4 is 0 Å². The molecule has 0 N–H and O–H groups in total. The second kappa shape index (κ2) is 13.9. The van der Waals surface area contributed by atoms with Gasteiger partial charge in [0.05, 0.1) is 0 Å². The number of carbonyl (C=O) groups is 2. The highest BCUT2D eigenvalue weighted by molar-refractivity contribution is 6.38. The number of hydrogen-bond donors (Lipinski definition) is 0. The van der Waals surface area contributed by atoms with Crippen molar-refractivity contribution in [2.24, 2.45) is 0 Å². The van der Waals surface area contributed by atoms with Gasteiger partial charge in [-0.15, -0.1) is 0 Å². The number of unbranched alkanes of at least 4 members (excludes halogenated alkanes) is 15. The zero-order valence-corrected chi connectivity index (χ0v) is 26.1. The van der Waals surface area contributed by atoms with Crippen LogP contribution in [0.25, 0.3) is 43.1 Å². The molecule has 0 saturated carbocycles. The van der Waals surface area contributed by atoms with Crippen molar-refractivity contribution in [2.45, 2.75) is 110 Å². The molecule has 2 amide bonds. The third-order valence-electron chi connectivity index (χ3n) is 9.83. The van der Waals surface area contributed by atoms with Crippen LogP contribution in [-0.2, 0) is 0 Å². The fourth-order valence-electron chi connectivity index (χ4n) is 7.49. The average molecular weight is 574 g/mol. The molecular weight excluding hydrogens is 526 g/mol. The van der Waals surface area contributed by atoms with E-state index in [1.807, 2.05) is 12.1 Å². The zero-order chi connectivity index (χ0) is 29.6. The maximum absolute atomic E-state index is 13.7. The summed E-state index contributed by atoms with van der Waals surface area (Å²) in [6.45, 7) is 2.78. The van der Waals surface area contributed by atoms with Gasteiger partial charge in [0.15, 0.2) is 0 Å². The maximum Gasteiger partial charge on any atom is 0.261 e. The number of imide groups is 1. The number of hydrogen-bond acceptors (Lipinski definition) is 2. The Labute approximate surface area is 257 Å². The van der Waals surface area contributed by atoms with E-state index >= 15 is 0 Å². The summed E-state index contributed by atoms with van der Waals surface area (Å²) >= 11 is 0. The van der Waals surface area contributed by atoms with Crippen molar-refractivity contribution in [2.75, 3.05) is 6.54 Å². The molecule has 0 radical (unpaired) electrons. The van der Waals surface area contributed by atoms with Crippen LogP contribution in [0.5, 0.6) is 0 Å². The number of rotatable bonds is 17. The lowest BCUT2D eigenvalue weighted by molar-refractivity contribution is 0.0608. The van der Waals surface area contributed by atoms with Crippen molar-refractivity contribution >= 4 is 54.9 Å². The first-order chi connectivity index (χ1) is 21.2. The monoisotopic (exact) mass is 573 g/mol. The summed E-state index contributed by atoms with van der Waals surface area (Å²) in [4.78, 5) is 28.9. The van der Waals surface area contributed by atoms with Crippen LogP contribution in [0.1, 0.15) is 130 Å². The van der Waals surface area contributed by atoms with Crippen LogP contribution in [-0.4, -0.2) is 23.3 Å². The molecule has 5 aromatic rings. The molecule has 1 aliphatic rings. The van der Waals surface area contributed by atoms with E-state index in [9.17, 15) is 9.59 Å². The molecule has 5 aromatic carbocycles. The molecule has 43 heavy (non-hydrogen) atoms. The fraction of sp³-hybridized carbons (Fsp3) is 0.450. The molecule has 0 saturated heterocycles. The van der Waals surface area contributed by atoms with Crippen molar-refractivity contribution in [3.05, 3.63) is 71.8 Å². The summed E-state index contributed by atoms with van der Waals surface area (Å²) in [5.74, 6) is -0.279. The Bertz CT molecular complexity index is 1620. The average Bonchev–Trinajstić information content (AvgIpc) is 3.03. The van der Waals surface area contributed by atoms with Crippen molar-refractivity contribution < 1.29 is 9.59 Å². The molecule has 0 aliphatic carbocycles. The van der Waals surface area contributed by atoms with Crippen LogP contribution in [0, 0.1) is 0 Å². The van der Waals surface area contributed by atoms with Gasteiger partial charge in [0.2, 0.25) is 0 Å². The Morgan fingerprint density at radius 1 is 0.442 bits per heavy atom. The van der Waals surface area contributed by atoms with Gasteiger partial charge in [-0.2, -0.15) is 0 Å². The van der Waals surface area contributed by atoms with Crippen molar-refractivity contribution in [1.82, 2.24) is 4.90 Å². The Kier molecular flexibility index (Phi) is 9.56. The van der Waals surface area contributed by atoms with Crippen LogP contribution in [0.3, 0.4) is 0 Å². The minimum atomic E-state index is -0.140. The summed E-state index contributed by atoms with van der Waals surface area (Å²) in [6.07, 6.45) is 21.0. The highest BCUT2D eigenvalue weighted by Crippen LogP contribution is 2.43. The number of fused-ring (bicyclic) bond motifs is 2. The van der Waals surface area contributed by atoms with Crippen LogP contribution in [0.2, 0.25) is 0 Å². The predicted octanol–water partition coefficient (Wildman–Crippen LogP) is 11.6. The van der Waals surface area contributed by atoms with Crippen LogP contribution in [0.15, 0.2) is 60.7 Å². The van der Waals surface area contributed by atoms with Crippen LogP contribution >= 0.6 is 0 Å². The van der Waals surface area contributed by atoms with E-state index in [4.69, 9.17) is 0 Å². The van der Waals surface area contributed by atoms with Gasteiger partial charge in [0, 0.05) is 23.1 Å². The molecule has 0 aromatic heterocycles. The molecule has 3 heteroatoms. The first kappa shape index (κ1) is 29.6. The number of benzene rings is 5. The van der Waals surface area contributed by atoms with Crippen molar-refractivity contribution in [1.29, 1.82) is 0 Å². The Balaban J connectivity index is 1.01. The lowest BCUT2D eigenvalue weighted by Gasteiger charge is -2.28. The summed E-state index contributed by atoms with van der Waals surface area (Å²) < 4.78 is 0. The zero-order valence-electron chi connectivity index (χ0n) is 26.1. The van der Waals surface area contributed by atoms with Gasteiger partial charge < -0.3 is 0 Å². The van der Waals surface area contributed by atoms with Gasteiger partial charge in [-0.3, -0.25) is 14.5 Å². The summed E-state index contributed by atoms with van der Waals surface area (Å²) in [6, 6.07) is 20.9. The van der Waals surface area contributed by atoms with E-state index in [-0.39, 0.29) is 11.8 Å². The Hall–Kier alpha value is -3.46. The van der Waals surface area contributed by atoms with Crippen molar-refractivity contribution in [3.63, 3.8) is 0 Å². The third-order valence-corrected chi connectivity index (χ3v) is 9.83. The van der Waals surface area contributed by atoms with Gasteiger partial charge in [-0.1, -0.05) is 152 Å². The second-order valence-corrected chi connectivity index (χ2v) is 12.8. The van der Waals surface area contributed by atoms with E-state index in [1.165, 1.54) is 116 Å². The maximum atomic E-state index is 13.7. The van der Waals surface area contributed by atoms with Crippen LogP contribution in [0.4, 0.5) is 0 Å². The van der Waals surface area contributed by atoms with E-state index in [0.717, 1.165) is 34.4 Å². The molecule has 3 nitrogen and oxygen atoms in total. The van der Waals surface area contributed by atoms with E-state index in [1.54, 1.807) is 0 Å². The minimum absolute atomic E-state index is 0.140. The van der Waals surface area contributed by atoms with Gasteiger partial charge in [0.25, 0.3) is 11.8 Å². The summed E-state index contributed by atoms with van der Waals surface area (Å²) in [5, 5.41) is 8.94. The lowest BCUT2D eigenvalue weighted by Crippen LogP contribution is -2.40. The molecule has 1 heterocycles. The number of carbonyl (C=O) groups excluding carboxylic acids is 2. The largest absolute Gasteiger partial charge is 0.274 e. The molecule has 0 spiro atoms. The minimum Gasteiger partial charge on any atom is -0.274 e. The fourth-order valence-corrected chi connectivity index (χ4v) is 7.49. The van der Waals surface area contributed by atoms with E-state index in [0.29, 0.717) is 17.7 Å². The first-order valence-corrected chi connectivity index (χ1v) is 17.2. The Morgan fingerprint density at radius 3 is 1.33 bits per heavy atom. The number of amides is 2. The standard InChI is InChI=1S/C40H47NO2/c1-2-3-4-5-6-7-8-9-10-11-12-13-14-15-16-17-28-41-39(42)34-26-24-32-30-22-18-20-29-21-19-23-31(36(29)30)33-25-27-35(40(41)43)38(34)37(32)33/h18-27H,2-17,28H2,1H3. The molecule has 0 atom stereocenters. The molecule has 0 bridgehead atoms. The normalized spacial score (nSPS) is 13.5. The third kappa shape index (κ3) is 6.01. The highest BCUT2D eigenvalue weighted by atomic mass is 16.2. The highest BCUT2D eigenvalue weighted by Gasteiger charge is 2.33. The quantitative estimate of drug-likeness (QED) is 0.0480. The topological polar surface area (TPSA) is 37.4 Å². The molecule has 6 rings (SSSR count). The first-order valence-electron chi connectivity index (χ1n) is 17.2. The Morgan fingerprint density at radius 2 is 0.860 bits per heavy atom. The van der Waals surface area contributed by atoms with Gasteiger partial charge in [-0.25, -0.2) is 0 Å². The van der Waals surface area contributed by atoms with E-state index < -0.39 is 0 Å². The second-order valence-electron chi connectivity index (χ2n) is 12.8. The van der Waals surface area contributed by atoms with Gasteiger partial charge in [-0.05, 0) is 56.3 Å². The SMILES string of the molecule is CCCCCCCCCCCCCCCCCCN1C(=O)c2ccc3c4cccc5cccc(c6ccc(c2c36)C1=O)c54. The smallest absolute Gasteiger partial charge is 0.261 e.